The molecule has 2 heterocycles. The van der Waals surface area contributed by atoms with Gasteiger partial charge in [0.1, 0.15) is 11.9 Å². The molecule has 0 radical (unpaired) electrons. The fourth-order valence-electron chi connectivity index (χ4n) is 2.45. The summed E-state index contributed by atoms with van der Waals surface area (Å²) in [6.07, 6.45) is -0.630. The van der Waals surface area contributed by atoms with Crippen LogP contribution in [0.3, 0.4) is 0 Å². The Morgan fingerprint density at radius 3 is 2.80 bits per heavy atom. The minimum absolute atomic E-state index is 0.0846. The quantitative estimate of drug-likeness (QED) is 0.559. The fourth-order valence-corrected chi connectivity index (χ4v) is 3.32. The van der Waals surface area contributed by atoms with Gasteiger partial charge in [-0.15, -0.1) is 0 Å². The van der Waals surface area contributed by atoms with E-state index in [2.05, 4.69) is 10.1 Å². The van der Waals surface area contributed by atoms with E-state index in [9.17, 15) is 13.6 Å². The van der Waals surface area contributed by atoms with Crippen molar-refractivity contribution in [2.75, 3.05) is 0 Å². The van der Waals surface area contributed by atoms with Crippen LogP contribution in [0, 0.1) is 11.6 Å². The van der Waals surface area contributed by atoms with Gasteiger partial charge in [-0.3, -0.25) is 4.79 Å². The van der Waals surface area contributed by atoms with Gasteiger partial charge in [0.2, 0.25) is 4.96 Å². The molecule has 0 saturated carbocycles. The normalized spacial score (nSPS) is 12.6. The summed E-state index contributed by atoms with van der Waals surface area (Å²) >= 11 is 1.18. The first-order chi connectivity index (χ1) is 12.0. The van der Waals surface area contributed by atoms with Gasteiger partial charge < -0.3 is 4.74 Å². The van der Waals surface area contributed by atoms with Crippen LogP contribution < -0.4 is 10.3 Å². The van der Waals surface area contributed by atoms with Crippen LogP contribution in [0.5, 0.6) is 5.75 Å². The Morgan fingerprint density at radius 1 is 1.20 bits per heavy atom. The molecular formula is C17H11F2N3O2S. The molecule has 4 rings (SSSR count). The number of rotatable bonds is 3. The lowest BCUT2D eigenvalue weighted by atomic mass is 10.2. The molecular weight excluding hydrogens is 348 g/mol. The predicted octanol–water partition coefficient (Wildman–Crippen LogP) is 3.72. The van der Waals surface area contributed by atoms with E-state index in [-0.39, 0.29) is 11.3 Å². The highest BCUT2D eigenvalue weighted by Gasteiger charge is 2.18. The maximum Gasteiger partial charge on any atom is 0.283 e. The third-order valence-corrected chi connectivity index (χ3v) is 4.73. The van der Waals surface area contributed by atoms with Crippen LogP contribution in [0.1, 0.15) is 18.0 Å². The van der Waals surface area contributed by atoms with Crippen LogP contribution in [0.15, 0.2) is 47.3 Å². The first kappa shape index (κ1) is 15.6. The van der Waals surface area contributed by atoms with Crippen LogP contribution in [0.2, 0.25) is 0 Å². The Bertz CT molecular complexity index is 1160. The summed E-state index contributed by atoms with van der Waals surface area (Å²) in [6, 6.07) is 10.1. The van der Waals surface area contributed by atoms with E-state index in [0.29, 0.717) is 20.9 Å². The molecule has 0 saturated heterocycles. The van der Waals surface area contributed by atoms with Crippen molar-refractivity contribution < 1.29 is 13.5 Å². The molecule has 25 heavy (non-hydrogen) atoms. The third kappa shape index (κ3) is 2.74. The Balaban J connectivity index is 1.75. The van der Waals surface area contributed by atoms with Crippen molar-refractivity contribution in [3.63, 3.8) is 0 Å². The standard InChI is InChI=1S/C17H11F2N3O2S/c1-9(24-14-7-6-10(18)8-12(14)19)15-21-22-16(23)11-4-2-3-5-13(11)20-17(22)25-15/h2-9H,1H3. The summed E-state index contributed by atoms with van der Waals surface area (Å²) in [5, 5.41) is 5.17. The van der Waals surface area contributed by atoms with Gasteiger partial charge in [0.25, 0.3) is 5.56 Å². The second kappa shape index (κ2) is 5.89. The molecule has 0 spiro atoms. The summed E-state index contributed by atoms with van der Waals surface area (Å²) in [5.74, 6) is -1.56. The van der Waals surface area contributed by atoms with Crippen LogP contribution >= 0.6 is 11.3 Å². The average molecular weight is 359 g/mol. The second-order valence-corrected chi connectivity index (χ2v) is 6.39. The van der Waals surface area contributed by atoms with Crippen molar-refractivity contribution >= 4 is 27.2 Å². The number of nitrogens with zero attached hydrogens (tertiary/aromatic N) is 3. The zero-order valence-corrected chi connectivity index (χ0v) is 13.8. The van der Waals surface area contributed by atoms with Crippen molar-refractivity contribution in [2.24, 2.45) is 0 Å². The number of aromatic nitrogens is 3. The number of hydrogen-bond donors (Lipinski definition) is 0. The first-order valence-electron chi connectivity index (χ1n) is 7.43. The molecule has 0 bridgehead atoms. The third-order valence-electron chi connectivity index (χ3n) is 3.66. The molecule has 0 N–H and O–H groups in total. The summed E-state index contributed by atoms with van der Waals surface area (Å²) in [6.45, 7) is 1.67. The van der Waals surface area contributed by atoms with E-state index < -0.39 is 17.7 Å². The fraction of sp³-hybridized carbons (Fsp3) is 0.118. The van der Waals surface area contributed by atoms with Crippen LogP contribution in [-0.4, -0.2) is 14.6 Å². The highest BCUT2D eigenvalue weighted by molar-refractivity contribution is 7.16. The Morgan fingerprint density at radius 2 is 2.00 bits per heavy atom. The second-order valence-electron chi connectivity index (χ2n) is 5.40. The monoisotopic (exact) mass is 359 g/mol. The molecule has 8 heteroatoms. The van der Waals surface area contributed by atoms with E-state index in [1.54, 1.807) is 31.2 Å². The average Bonchev–Trinajstić information content (AvgIpc) is 3.02. The van der Waals surface area contributed by atoms with Gasteiger partial charge in [-0.1, -0.05) is 23.5 Å². The largest absolute Gasteiger partial charge is 0.480 e. The number of ether oxygens (including phenoxy) is 1. The number of hydrogen-bond acceptors (Lipinski definition) is 5. The smallest absolute Gasteiger partial charge is 0.283 e. The highest BCUT2D eigenvalue weighted by Crippen LogP contribution is 2.27. The maximum absolute atomic E-state index is 13.7. The Hall–Kier alpha value is -2.87. The van der Waals surface area contributed by atoms with E-state index in [1.165, 1.54) is 21.9 Å². The van der Waals surface area contributed by atoms with Crippen LogP contribution in [0.4, 0.5) is 8.78 Å². The Kier molecular flexibility index (Phi) is 3.69. The maximum atomic E-state index is 13.7. The molecule has 5 nitrogen and oxygen atoms in total. The number of para-hydroxylation sites is 1. The molecule has 2 aromatic heterocycles. The van der Waals surface area contributed by atoms with Gasteiger partial charge in [-0.2, -0.15) is 9.61 Å². The summed E-state index contributed by atoms with van der Waals surface area (Å²) in [5.41, 5.74) is 0.309. The molecule has 1 atom stereocenters. The lowest BCUT2D eigenvalue weighted by Gasteiger charge is -2.12. The summed E-state index contributed by atoms with van der Waals surface area (Å²) in [7, 11) is 0. The van der Waals surface area contributed by atoms with Crippen molar-refractivity contribution in [1.82, 2.24) is 14.6 Å². The lowest BCUT2D eigenvalue weighted by molar-refractivity contribution is 0.214. The molecule has 0 fully saturated rings. The zero-order valence-electron chi connectivity index (χ0n) is 12.9. The van der Waals surface area contributed by atoms with Crippen molar-refractivity contribution in [3.8, 4) is 5.75 Å². The first-order valence-corrected chi connectivity index (χ1v) is 8.25. The molecule has 0 aliphatic carbocycles. The zero-order chi connectivity index (χ0) is 17.6. The van der Waals surface area contributed by atoms with E-state index in [1.807, 2.05) is 0 Å². The molecule has 0 amide bonds. The molecule has 2 aromatic carbocycles. The SMILES string of the molecule is CC(Oc1ccc(F)cc1F)c1nn2c(=O)c3ccccc3nc2s1. The van der Waals surface area contributed by atoms with E-state index >= 15 is 0 Å². The van der Waals surface area contributed by atoms with Gasteiger partial charge in [-0.05, 0) is 31.2 Å². The van der Waals surface area contributed by atoms with Crippen molar-refractivity contribution in [2.45, 2.75) is 13.0 Å². The minimum Gasteiger partial charge on any atom is -0.480 e. The van der Waals surface area contributed by atoms with Gasteiger partial charge in [0.05, 0.1) is 10.9 Å². The summed E-state index contributed by atoms with van der Waals surface area (Å²) < 4.78 is 33.4. The van der Waals surface area contributed by atoms with E-state index in [4.69, 9.17) is 4.74 Å². The predicted molar refractivity (Wildman–Crippen MR) is 90.0 cm³/mol. The molecule has 1 unspecified atom stereocenters. The van der Waals surface area contributed by atoms with Gasteiger partial charge in [0, 0.05) is 6.07 Å². The Labute approximate surface area is 144 Å². The molecule has 0 aliphatic rings. The molecule has 4 aromatic rings. The molecule has 126 valence electrons. The summed E-state index contributed by atoms with van der Waals surface area (Å²) in [4.78, 5) is 17.3. The minimum atomic E-state index is -0.797. The number of halogens is 2. The lowest BCUT2D eigenvalue weighted by Crippen LogP contribution is -2.15. The number of benzene rings is 2. The van der Waals surface area contributed by atoms with Crippen molar-refractivity contribution in [3.05, 3.63) is 69.5 Å². The van der Waals surface area contributed by atoms with Crippen LogP contribution in [-0.2, 0) is 0 Å². The van der Waals surface area contributed by atoms with Gasteiger partial charge in [-0.25, -0.2) is 13.8 Å². The van der Waals surface area contributed by atoms with Gasteiger partial charge in [0.15, 0.2) is 16.6 Å². The topological polar surface area (TPSA) is 56.5 Å². The van der Waals surface area contributed by atoms with Crippen molar-refractivity contribution in [1.29, 1.82) is 0 Å². The van der Waals surface area contributed by atoms with E-state index in [0.717, 1.165) is 12.1 Å². The van der Waals surface area contributed by atoms with Gasteiger partial charge >= 0.3 is 0 Å². The highest BCUT2D eigenvalue weighted by atomic mass is 32.1. The van der Waals surface area contributed by atoms with Crippen LogP contribution in [0.25, 0.3) is 15.9 Å². The molecule has 0 aliphatic heterocycles. The number of fused-ring (bicyclic) bond motifs is 2.